The summed E-state index contributed by atoms with van der Waals surface area (Å²) < 4.78 is 17.7. The van der Waals surface area contributed by atoms with Crippen LogP contribution in [0.4, 0.5) is 10.7 Å². The number of amides is 1. The van der Waals surface area contributed by atoms with Crippen molar-refractivity contribution in [3.63, 3.8) is 0 Å². The Kier molecular flexibility index (Phi) is 6.20. The fourth-order valence-electron chi connectivity index (χ4n) is 4.56. The van der Waals surface area contributed by atoms with Crippen LogP contribution in [0.5, 0.6) is 5.75 Å². The van der Waals surface area contributed by atoms with Crippen molar-refractivity contribution >= 4 is 47.7 Å². The number of rotatable bonds is 8. The molecule has 0 bridgehead atoms. The van der Waals surface area contributed by atoms with E-state index < -0.39 is 14.2 Å². The van der Waals surface area contributed by atoms with Crippen LogP contribution in [0.1, 0.15) is 0 Å². The highest BCUT2D eigenvalue weighted by Gasteiger charge is 2.22. The number of aryl methyl sites for hydroxylation is 1. The summed E-state index contributed by atoms with van der Waals surface area (Å²) in [5.41, 5.74) is 5.14. The van der Waals surface area contributed by atoms with Crippen molar-refractivity contribution in [3.8, 4) is 17.0 Å². The number of aromatic nitrogens is 5. The van der Waals surface area contributed by atoms with Crippen LogP contribution in [0.25, 0.3) is 38.8 Å². The summed E-state index contributed by atoms with van der Waals surface area (Å²) in [4.78, 5) is 22.0. The number of hydrogen-bond donors (Lipinski definition) is 1. The van der Waals surface area contributed by atoms with Gasteiger partial charge in [-0.25, -0.2) is 19.7 Å². The monoisotopic (exact) mass is 520 g/mol. The number of imidazole rings is 1. The molecule has 0 aliphatic rings. The predicted molar refractivity (Wildman–Crippen MR) is 147 cm³/mol. The van der Waals surface area contributed by atoms with Gasteiger partial charge in [0.05, 0.1) is 36.2 Å². The number of nitrogens with zero attached hydrogens (tertiary/aromatic N) is 6. The molecule has 4 heterocycles. The minimum Gasteiger partial charge on any atom is -0.497 e. The molecule has 0 unspecified atom stereocenters. The molecule has 1 amide bonds. The molecule has 37 heavy (non-hydrogen) atoms. The van der Waals surface area contributed by atoms with E-state index >= 15 is 0 Å². The van der Waals surface area contributed by atoms with E-state index in [1.165, 1.54) is 7.05 Å². The maximum Gasteiger partial charge on any atom is 0.413 e. The van der Waals surface area contributed by atoms with Gasteiger partial charge in [-0.1, -0.05) is 19.6 Å². The van der Waals surface area contributed by atoms with E-state index in [2.05, 4.69) is 40.0 Å². The van der Waals surface area contributed by atoms with Gasteiger partial charge in [-0.05, 0) is 30.3 Å². The highest BCUT2D eigenvalue weighted by Crippen LogP contribution is 2.36. The highest BCUT2D eigenvalue weighted by atomic mass is 28.3. The van der Waals surface area contributed by atoms with E-state index in [9.17, 15) is 9.90 Å². The van der Waals surface area contributed by atoms with E-state index in [0.29, 0.717) is 30.4 Å². The first-order valence-corrected chi connectivity index (χ1v) is 15.8. The Bertz CT molecular complexity index is 1630. The van der Waals surface area contributed by atoms with E-state index in [0.717, 1.165) is 44.4 Å². The van der Waals surface area contributed by atoms with E-state index in [4.69, 9.17) is 14.5 Å². The number of ether oxygens (including phenoxy) is 2. The second-order valence-corrected chi connectivity index (χ2v) is 16.1. The molecule has 0 fully saturated rings. The number of benzene rings is 1. The minimum atomic E-state index is -1.25. The number of fused-ring (bicyclic) bond motifs is 4. The van der Waals surface area contributed by atoms with Gasteiger partial charge in [0.15, 0.2) is 5.65 Å². The summed E-state index contributed by atoms with van der Waals surface area (Å²) in [5, 5.41) is 10.7. The van der Waals surface area contributed by atoms with Crippen molar-refractivity contribution in [2.24, 2.45) is 7.05 Å². The third kappa shape index (κ3) is 4.44. The SMILES string of the molecule is COc1ccc2c(c1)c(-c1cc3c(ncc4cnc(N(C)C(=O)O)n43)n1COCC[Si](C)(C)C)cn2C. The maximum atomic E-state index is 11.8. The lowest BCUT2D eigenvalue weighted by molar-refractivity contribution is 0.0909. The molecule has 10 nitrogen and oxygen atoms in total. The molecule has 0 spiro atoms. The molecule has 0 radical (unpaired) electrons. The highest BCUT2D eigenvalue weighted by molar-refractivity contribution is 6.76. The lowest BCUT2D eigenvalue weighted by Gasteiger charge is -2.16. The molecule has 0 saturated carbocycles. The average Bonchev–Trinajstić information content (AvgIpc) is 3.53. The Morgan fingerprint density at radius 3 is 2.59 bits per heavy atom. The van der Waals surface area contributed by atoms with Crippen molar-refractivity contribution in [2.75, 3.05) is 25.7 Å². The summed E-state index contributed by atoms with van der Waals surface area (Å²) in [6, 6.07) is 9.11. The predicted octanol–water partition coefficient (Wildman–Crippen LogP) is 5.28. The Morgan fingerprint density at radius 1 is 1.14 bits per heavy atom. The molecular weight excluding hydrogens is 488 g/mol. The number of carbonyl (C=O) groups is 1. The van der Waals surface area contributed by atoms with Crippen molar-refractivity contribution in [1.82, 2.24) is 23.5 Å². The first kappa shape index (κ1) is 24.8. The van der Waals surface area contributed by atoms with Gasteiger partial charge >= 0.3 is 6.09 Å². The molecule has 0 atom stereocenters. The minimum absolute atomic E-state index is 0.304. The summed E-state index contributed by atoms with van der Waals surface area (Å²) in [7, 11) is 3.91. The van der Waals surface area contributed by atoms with Crippen LogP contribution >= 0.6 is 0 Å². The summed E-state index contributed by atoms with van der Waals surface area (Å²) >= 11 is 0. The second kappa shape index (κ2) is 9.24. The van der Waals surface area contributed by atoms with Crippen LogP contribution in [0, 0.1) is 0 Å². The molecule has 1 aromatic carbocycles. The van der Waals surface area contributed by atoms with Crippen LogP contribution in [-0.2, 0) is 18.5 Å². The van der Waals surface area contributed by atoms with Gasteiger partial charge in [-0.3, -0.25) is 8.97 Å². The summed E-state index contributed by atoms with van der Waals surface area (Å²) in [5.74, 6) is 1.08. The van der Waals surface area contributed by atoms with E-state index in [1.807, 2.05) is 35.7 Å². The summed E-state index contributed by atoms with van der Waals surface area (Å²) in [6.07, 6.45) is 4.34. The molecule has 1 N–H and O–H groups in total. The van der Waals surface area contributed by atoms with Gasteiger partial charge in [0.25, 0.3) is 0 Å². The van der Waals surface area contributed by atoms with Crippen LogP contribution in [0.15, 0.2) is 42.9 Å². The number of methoxy groups -OCH3 is 1. The molecule has 0 aliphatic carbocycles. The zero-order valence-electron chi connectivity index (χ0n) is 22.0. The first-order valence-electron chi connectivity index (χ1n) is 12.1. The number of hydrogen-bond acceptors (Lipinski definition) is 5. The van der Waals surface area contributed by atoms with Gasteiger partial charge in [-0.2, -0.15) is 0 Å². The Balaban J connectivity index is 1.73. The van der Waals surface area contributed by atoms with Gasteiger partial charge in [-0.15, -0.1) is 0 Å². The molecule has 5 rings (SSSR count). The van der Waals surface area contributed by atoms with E-state index in [1.54, 1.807) is 19.5 Å². The van der Waals surface area contributed by atoms with Crippen LogP contribution in [-0.4, -0.2) is 63.5 Å². The average molecular weight is 521 g/mol. The Labute approximate surface area is 215 Å². The molecule has 5 aromatic rings. The smallest absolute Gasteiger partial charge is 0.413 e. The lowest BCUT2D eigenvalue weighted by Crippen LogP contribution is -2.26. The zero-order valence-corrected chi connectivity index (χ0v) is 23.0. The van der Waals surface area contributed by atoms with Crippen LogP contribution in [0.3, 0.4) is 0 Å². The number of anilines is 1. The van der Waals surface area contributed by atoms with Gasteiger partial charge < -0.3 is 19.1 Å². The van der Waals surface area contributed by atoms with Gasteiger partial charge in [0.1, 0.15) is 12.5 Å². The second-order valence-electron chi connectivity index (χ2n) is 10.5. The van der Waals surface area contributed by atoms with Gasteiger partial charge in [0, 0.05) is 51.4 Å². The van der Waals surface area contributed by atoms with Crippen LogP contribution in [0.2, 0.25) is 25.7 Å². The molecule has 194 valence electrons. The molecule has 0 aliphatic heterocycles. The molecule has 11 heteroatoms. The fraction of sp³-hybridized carbons (Fsp3) is 0.346. The van der Waals surface area contributed by atoms with Gasteiger partial charge in [0.2, 0.25) is 5.95 Å². The Morgan fingerprint density at radius 2 is 1.89 bits per heavy atom. The van der Waals surface area contributed by atoms with Crippen molar-refractivity contribution < 1.29 is 19.4 Å². The summed E-state index contributed by atoms with van der Waals surface area (Å²) in [6.45, 7) is 7.97. The van der Waals surface area contributed by atoms with Crippen molar-refractivity contribution in [1.29, 1.82) is 0 Å². The first-order chi connectivity index (χ1) is 17.6. The molecular formula is C26H32N6O4Si. The lowest BCUT2D eigenvalue weighted by atomic mass is 10.1. The fourth-order valence-corrected chi connectivity index (χ4v) is 5.31. The topological polar surface area (TPSA) is 99.1 Å². The van der Waals surface area contributed by atoms with Crippen molar-refractivity contribution in [3.05, 3.63) is 42.9 Å². The van der Waals surface area contributed by atoms with Crippen molar-refractivity contribution in [2.45, 2.75) is 32.4 Å². The quantitative estimate of drug-likeness (QED) is 0.221. The normalized spacial score (nSPS) is 12.2. The largest absolute Gasteiger partial charge is 0.497 e. The molecule has 4 aromatic heterocycles. The number of carboxylic acid groups (broad SMARTS) is 1. The Hall–Kier alpha value is -3.83. The zero-order chi connectivity index (χ0) is 26.5. The maximum absolute atomic E-state index is 11.8. The third-order valence-electron chi connectivity index (χ3n) is 6.66. The van der Waals surface area contributed by atoms with Crippen LogP contribution < -0.4 is 9.64 Å². The third-order valence-corrected chi connectivity index (χ3v) is 8.36. The molecule has 0 saturated heterocycles. The standard InChI is InChI=1S/C26H32N6O4Si/c1-29-15-20(19-11-18(35-3)7-8-21(19)29)22-12-23-24(31(22)16-36-9-10-37(4,5)6)27-13-17-14-28-25(32(17)23)30(2)26(33)34/h7-8,11-15H,9-10,16H2,1-6H3,(H,33,34). The van der Waals surface area contributed by atoms with E-state index in [-0.39, 0.29) is 0 Å².